The minimum atomic E-state index is -0.685. The number of nitrogens with zero attached hydrogens (tertiary/aromatic N) is 3. The van der Waals surface area contributed by atoms with E-state index in [1.165, 1.54) is 0 Å². The molecule has 0 aliphatic carbocycles. The van der Waals surface area contributed by atoms with E-state index in [1.807, 2.05) is 29.3 Å². The summed E-state index contributed by atoms with van der Waals surface area (Å²) < 4.78 is 12.5. The van der Waals surface area contributed by atoms with Gasteiger partial charge in [-0.3, -0.25) is 9.58 Å². The van der Waals surface area contributed by atoms with Gasteiger partial charge in [-0.25, -0.2) is 0 Å². The van der Waals surface area contributed by atoms with Crippen molar-refractivity contribution in [1.29, 1.82) is 0 Å². The van der Waals surface area contributed by atoms with Crippen LogP contribution in [-0.4, -0.2) is 58.3 Å². The van der Waals surface area contributed by atoms with Gasteiger partial charge in [0.05, 0.1) is 33.0 Å². The summed E-state index contributed by atoms with van der Waals surface area (Å²) in [4.78, 5) is 2.02. The van der Waals surface area contributed by atoms with Crippen molar-refractivity contribution in [2.75, 3.05) is 27.3 Å². The fourth-order valence-electron chi connectivity index (χ4n) is 3.26. The molecule has 1 aromatic heterocycles. The van der Waals surface area contributed by atoms with Crippen LogP contribution < -0.4 is 9.47 Å². The van der Waals surface area contributed by atoms with Crippen molar-refractivity contribution in [2.45, 2.75) is 25.3 Å². The highest BCUT2D eigenvalue weighted by Gasteiger charge is 2.30. The van der Waals surface area contributed by atoms with E-state index >= 15 is 0 Å². The lowest BCUT2D eigenvalue weighted by Gasteiger charge is -2.34. The van der Waals surface area contributed by atoms with Crippen LogP contribution in [0.5, 0.6) is 11.5 Å². The second kappa shape index (κ2) is 7.21. The van der Waals surface area contributed by atoms with Gasteiger partial charge >= 0.3 is 0 Å². The van der Waals surface area contributed by atoms with Gasteiger partial charge in [0, 0.05) is 43.2 Å². The SMILES string of the molecule is COc1ccc(OC)c2c1CN(C[C@H](O)Cn1cccn1)C[C@@H]2O. The largest absolute Gasteiger partial charge is 0.496 e. The molecule has 2 aromatic rings. The van der Waals surface area contributed by atoms with Crippen LogP contribution in [-0.2, 0) is 13.1 Å². The monoisotopic (exact) mass is 333 g/mol. The number of hydrogen-bond acceptors (Lipinski definition) is 6. The summed E-state index contributed by atoms with van der Waals surface area (Å²) in [5.41, 5.74) is 1.68. The van der Waals surface area contributed by atoms with E-state index in [1.54, 1.807) is 25.1 Å². The predicted octanol–water partition coefficient (Wildman–Crippen LogP) is 0.810. The summed E-state index contributed by atoms with van der Waals surface area (Å²) in [5.74, 6) is 1.38. The van der Waals surface area contributed by atoms with E-state index < -0.39 is 12.2 Å². The number of rotatable bonds is 6. The van der Waals surface area contributed by atoms with Crippen molar-refractivity contribution in [2.24, 2.45) is 0 Å². The van der Waals surface area contributed by atoms with Gasteiger partial charge < -0.3 is 19.7 Å². The first-order valence-corrected chi connectivity index (χ1v) is 7.92. The zero-order valence-corrected chi connectivity index (χ0v) is 13.9. The molecule has 7 heteroatoms. The highest BCUT2D eigenvalue weighted by Crippen LogP contribution is 2.39. The summed E-state index contributed by atoms with van der Waals surface area (Å²) >= 11 is 0. The van der Waals surface area contributed by atoms with E-state index in [4.69, 9.17) is 9.47 Å². The number of methoxy groups -OCH3 is 2. The lowest BCUT2D eigenvalue weighted by Crippen LogP contribution is -2.40. The molecule has 1 aliphatic rings. The molecular formula is C17H23N3O4. The molecule has 3 rings (SSSR count). The van der Waals surface area contributed by atoms with E-state index in [9.17, 15) is 10.2 Å². The fourth-order valence-corrected chi connectivity index (χ4v) is 3.26. The van der Waals surface area contributed by atoms with Crippen LogP contribution >= 0.6 is 0 Å². The van der Waals surface area contributed by atoms with E-state index in [-0.39, 0.29) is 0 Å². The van der Waals surface area contributed by atoms with Gasteiger partial charge in [0.25, 0.3) is 0 Å². The van der Waals surface area contributed by atoms with Crippen LogP contribution in [0.25, 0.3) is 0 Å². The zero-order valence-electron chi connectivity index (χ0n) is 13.9. The van der Waals surface area contributed by atoms with Gasteiger partial charge in [-0.05, 0) is 18.2 Å². The van der Waals surface area contributed by atoms with E-state index in [0.717, 1.165) is 16.9 Å². The maximum atomic E-state index is 10.6. The zero-order chi connectivity index (χ0) is 17.1. The molecular weight excluding hydrogens is 310 g/mol. The third-order valence-electron chi connectivity index (χ3n) is 4.29. The third kappa shape index (κ3) is 3.38. The molecule has 1 aliphatic heterocycles. The molecule has 0 amide bonds. The molecule has 2 heterocycles. The highest BCUT2D eigenvalue weighted by molar-refractivity contribution is 5.51. The molecule has 2 N–H and O–H groups in total. The molecule has 0 radical (unpaired) electrons. The number of aliphatic hydroxyl groups excluding tert-OH is 2. The quantitative estimate of drug-likeness (QED) is 0.814. The summed E-state index contributed by atoms with van der Waals surface area (Å²) in [6.07, 6.45) is 2.24. The number of β-amino-alcohol motifs (C(OH)–C–C–N with tert-alkyl or cyclic N) is 2. The van der Waals surface area contributed by atoms with Crippen LogP contribution in [0.15, 0.2) is 30.6 Å². The summed E-state index contributed by atoms with van der Waals surface area (Å²) in [5, 5.41) is 25.0. The number of aliphatic hydroxyl groups is 2. The Morgan fingerprint density at radius 2 is 2.00 bits per heavy atom. The second-order valence-electron chi connectivity index (χ2n) is 5.95. The molecule has 24 heavy (non-hydrogen) atoms. The first-order valence-electron chi connectivity index (χ1n) is 7.92. The van der Waals surface area contributed by atoms with Crippen LogP contribution in [0.2, 0.25) is 0 Å². The van der Waals surface area contributed by atoms with Crippen molar-refractivity contribution < 1.29 is 19.7 Å². The topological polar surface area (TPSA) is 80.0 Å². The second-order valence-corrected chi connectivity index (χ2v) is 5.95. The third-order valence-corrected chi connectivity index (χ3v) is 4.29. The number of ether oxygens (including phenoxy) is 2. The van der Waals surface area contributed by atoms with E-state index in [2.05, 4.69) is 5.10 Å². The van der Waals surface area contributed by atoms with Gasteiger partial charge in [-0.1, -0.05) is 0 Å². The molecule has 0 saturated carbocycles. The lowest BCUT2D eigenvalue weighted by molar-refractivity contribution is 0.0440. The van der Waals surface area contributed by atoms with Gasteiger partial charge in [-0.15, -0.1) is 0 Å². The average Bonchev–Trinajstić information content (AvgIpc) is 3.06. The Balaban J connectivity index is 1.76. The van der Waals surface area contributed by atoms with Gasteiger partial charge in [0.15, 0.2) is 0 Å². The average molecular weight is 333 g/mol. The highest BCUT2D eigenvalue weighted by atomic mass is 16.5. The van der Waals surface area contributed by atoms with Crippen molar-refractivity contribution in [1.82, 2.24) is 14.7 Å². The number of benzene rings is 1. The first-order chi connectivity index (χ1) is 11.6. The van der Waals surface area contributed by atoms with Gasteiger partial charge in [-0.2, -0.15) is 5.10 Å². The Morgan fingerprint density at radius 3 is 2.67 bits per heavy atom. The summed E-state index contributed by atoms with van der Waals surface area (Å²) in [7, 11) is 3.20. The maximum absolute atomic E-state index is 10.6. The Labute approximate surface area is 141 Å². The van der Waals surface area contributed by atoms with Crippen molar-refractivity contribution in [3.63, 3.8) is 0 Å². The molecule has 0 spiro atoms. The Hall–Kier alpha value is -2.09. The van der Waals surface area contributed by atoms with Gasteiger partial charge in [0.2, 0.25) is 0 Å². The minimum absolute atomic E-state index is 0.418. The summed E-state index contributed by atoms with van der Waals surface area (Å²) in [6.45, 7) is 1.88. The van der Waals surface area contributed by atoms with Crippen molar-refractivity contribution in [3.8, 4) is 11.5 Å². The molecule has 2 atom stereocenters. The molecule has 0 fully saturated rings. The fraction of sp³-hybridized carbons (Fsp3) is 0.471. The minimum Gasteiger partial charge on any atom is -0.496 e. The Kier molecular flexibility index (Phi) is 5.03. The molecule has 130 valence electrons. The molecule has 0 saturated heterocycles. The standard InChI is InChI=1S/C17H23N3O4/c1-23-15-4-5-16(24-2)17-13(15)10-19(11-14(17)22)8-12(21)9-20-7-3-6-18-20/h3-7,12,14,21-22H,8-11H2,1-2H3/t12-,14-/m0/s1. The maximum Gasteiger partial charge on any atom is 0.125 e. The normalized spacial score (nSPS) is 18.9. The number of fused-ring (bicyclic) bond motifs is 1. The Morgan fingerprint density at radius 1 is 1.25 bits per heavy atom. The number of hydrogen-bond donors (Lipinski definition) is 2. The van der Waals surface area contributed by atoms with E-state index in [0.29, 0.717) is 31.9 Å². The molecule has 0 bridgehead atoms. The number of aromatic nitrogens is 2. The van der Waals surface area contributed by atoms with Crippen LogP contribution in [0.1, 0.15) is 17.2 Å². The van der Waals surface area contributed by atoms with Crippen molar-refractivity contribution in [3.05, 3.63) is 41.7 Å². The summed E-state index contributed by atoms with van der Waals surface area (Å²) in [6, 6.07) is 5.47. The van der Waals surface area contributed by atoms with Crippen molar-refractivity contribution >= 4 is 0 Å². The predicted molar refractivity (Wildman–Crippen MR) is 88.0 cm³/mol. The van der Waals surface area contributed by atoms with Crippen LogP contribution in [0, 0.1) is 0 Å². The van der Waals surface area contributed by atoms with Gasteiger partial charge in [0.1, 0.15) is 11.5 Å². The molecule has 0 unspecified atom stereocenters. The van der Waals surface area contributed by atoms with Crippen LogP contribution in [0.3, 0.4) is 0 Å². The lowest BCUT2D eigenvalue weighted by atomic mass is 9.95. The smallest absolute Gasteiger partial charge is 0.125 e. The molecule has 1 aromatic carbocycles. The Bertz CT molecular complexity index is 675. The van der Waals surface area contributed by atoms with Crippen LogP contribution in [0.4, 0.5) is 0 Å². The molecule has 7 nitrogen and oxygen atoms in total. The first kappa shape index (κ1) is 16.8.